The van der Waals surface area contributed by atoms with E-state index in [9.17, 15) is 13.2 Å². The van der Waals surface area contributed by atoms with Crippen LogP contribution >= 0.6 is 0 Å². The standard InChI is InChI=1S/C11H18F3N/c1-8(11(12,13)14)7-15-10(5,6)9(2,3)4/h7H,1H2,2-6H3/b15-7+. The molecule has 0 radical (unpaired) electrons. The molecule has 0 saturated heterocycles. The zero-order chi connectivity index (χ0) is 12.5. The third-order valence-electron chi connectivity index (χ3n) is 2.74. The molecule has 0 N–H and O–H groups in total. The van der Waals surface area contributed by atoms with E-state index in [0.717, 1.165) is 6.21 Å². The lowest BCUT2D eigenvalue weighted by Gasteiger charge is -2.35. The van der Waals surface area contributed by atoms with Crippen molar-refractivity contribution in [3.63, 3.8) is 0 Å². The van der Waals surface area contributed by atoms with Crippen molar-refractivity contribution >= 4 is 6.21 Å². The molecule has 1 nitrogen and oxygen atoms in total. The van der Waals surface area contributed by atoms with Gasteiger partial charge in [0, 0.05) is 6.21 Å². The number of halogens is 3. The van der Waals surface area contributed by atoms with Crippen LogP contribution in [0.25, 0.3) is 0 Å². The van der Waals surface area contributed by atoms with Crippen LogP contribution in [-0.4, -0.2) is 17.9 Å². The minimum Gasteiger partial charge on any atom is -0.286 e. The Labute approximate surface area is 89.1 Å². The van der Waals surface area contributed by atoms with Gasteiger partial charge in [-0.05, 0) is 19.3 Å². The Morgan fingerprint density at radius 3 is 1.73 bits per heavy atom. The molecule has 0 fully saturated rings. The van der Waals surface area contributed by atoms with Crippen molar-refractivity contribution in [1.82, 2.24) is 0 Å². The first kappa shape index (κ1) is 14.2. The first-order valence-corrected chi connectivity index (χ1v) is 4.69. The zero-order valence-electron chi connectivity index (χ0n) is 9.87. The summed E-state index contributed by atoms with van der Waals surface area (Å²) in [6.45, 7) is 12.3. The molecule has 0 aromatic carbocycles. The van der Waals surface area contributed by atoms with Crippen molar-refractivity contribution in [3.05, 3.63) is 12.2 Å². The van der Waals surface area contributed by atoms with Crippen molar-refractivity contribution in [3.8, 4) is 0 Å². The second-order valence-electron chi connectivity index (χ2n) is 5.09. The van der Waals surface area contributed by atoms with Crippen molar-refractivity contribution in [2.45, 2.75) is 46.3 Å². The highest BCUT2D eigenvalue weighted by molar-refractivity contribution is 5.79. The normalized spacial score (nSPS) is 14.7. The smallest absolute Gasteiger partial charge is 0.286 e. The molecule has 0 rings (SSSR count). The Kier molecular flexibility index (Phi) is 3.77. The van der Waals surface area contributed by atoms with E-state index in [0.29, 0.717) is 0 Å². The van der Waals surface area contributed by atoms with E-state index in [-0.39, 0.29) is 5.41 Å². The number of nitrogens with zero attached hydrogens (tertiary/aromatic N) is 1. The Morgan fingerprint density at radius 1 is 1.07 bits per heavy atom. The molecular formula is C11H18F3N. The van der Waals surface area contributed by atoms with Crippen LogP contribution < -0.4 is 0 Å². The molecule has 0 heterocycles. The molecule has 0 aliphatic rings. The van der Waals surface area contributed by atoms with Crippen molar-refractivity contribution < 1.29 is 13.2 Å². The highest BCUT2D eigenvalue weighted by atomic mass is 19.4. The number of hydrogen-bond acceptors (Lipinski definition) is 1. The number of aliphatic imine (C=N–C) groups is 1. The molecule has 88 valence electrons. The maximum absolute atomic E-state index is 12.1. The minimum atomic E-state index is -4.39. The van der Waals surface area contributed by atoms with E-state index in [1.165, 1.54) is 0 Å². The van der Waals surface area contributed by atoms with Crippen LogP contribution in [0.1, 0.15) is 34.6 Å². The van der Waals surface area contributed by atoms with Gasteiger partial charge in [0.2, 0.25) is 0 Å². The number of allylic oxidation sites excluding steroid dienone is 1. The second-order valence-corrected chi connectivity index (χ2v) is 5.09. The van der Waals surface area contributed by atoms with Gasteiger partial charge in [-0.25, -0.2) is 0 Å². The molecule has 0 aliphatic carbocycles. The summed E-state index contributed by atoms with van der Waals surface area (Å²) in [6, 6.07) is 0. The van der Waals surface area contributed by atoms with Crippen LogP contribution in [0.15, 0.2) is 17.1 Å². The second kappa shape index (κ2) is 3.99. The molecular weight excluding hydrogens is 203 g/mol. The average Bonchev–Trinajstić information content (AvgIpc) is 1.96. The fourth-order valence-corrected chi connectivity index (χ4v) is 0.506. The van der Waals surface area contributed by atoms with E-state index < -0.39 is 17.3 Å². The molecule has 0 aromatic heterocycles. The van der Waals surface area contributed by atoms with E-state index in [1.54, 1.807) is 13.8 Å². The summed E-state index contributed by atoms with van der Waals surface area (Å²) in [4.78, 5) is 3.95. The number of hydrogen-bond donors (Lipinski definition) is 0. The molecule has 0 bridgehead atoms. The topological polar surface area (TPSA) is 12.4 Å². The maximum Gasteiger partial charge on any atom is 0.417 e. The Bertz CT molecular complexity index is 267. The summed E-state index contributed by atoms with van der Waals surface area (Å²) < 4.78 is 36.4. The minimum absolute atomic E-state index is 0.199. The molecule has 0 saturated carbocycles. The van der Waals surface area contributed by atoms with Crippen molar-refractivity contribution in [1.29, 1.82) is 0 Å². The summed E-state index contributed by atoms with van der Waals surface area (Å²) in [7, 11) is 0. The summed E-state index contributed by atoms with van der Waals surface area (Å²) in [6.07, 6.45) is -3.58. The number of rotatable bonds is 2. The van der Waals surface area contributed by atoms with Crippen LogP contribution in [0.3, 0.4) is 0 Å². The van der Waals surface area contributed by atoms with Crippen LogP contribution in [0.4, 0.5) is 13.2 Å². The first-order valence-electron chi connectivity index (χ1n) is 4.69. The van der Waals surface area contributed by atoms with E-state index in [4.69, 9.17) is 0 Å². The molecule has 0 amide bonds. The van der Waals surface area contributed by atoms with Gasteiger partial charge in [0.25, 0.3) is 0 Å². The van der Waals surface area contributed by atoms with Crippen LogP contribution in [-0.2, 0) is 0 Å². The predicted octanol–water partition coefficient (Wildman–Crippen LogP) is 4.00. The SMILES string of the molecule is C=C(/C=N/C(C)(C)C(C)(C)C)C(F)(F)F. The van der Waals surface area contributed by atoms with E-state index >= 15 is 0 Å². The quantitative estimate of drug-likeness (QED) is 0.625. The zero-order valence-corrected chi connectivity index (χ0v) is 9.87. The third kappa shape index (κ3) is 4.06. The van der Waals surface area contributed by atoms with Crippen LogP contribution in [0, 0.1) is 5.41 Å². The van der Waals surface area contributed by atoms with Gasteiger partial charge >= 0.3 is 6.18 Å². The van der Waals surface area contributed by atoms with Gasteiger partial charge in [-0.2, -0.15) is 13.2 Å². The molecule has 0 aromatic rings. The van der Waals surface area contributed by atoms with Gasteiger partial charge in [0.05, 0.1) is 11.1 Å². The molecule has 15 heavy (non-hydrogen) atoms. The van der Waals surface area contributed by atoms with Gasteiger partial charge in [0.1, 0.15) is 0 Å². The Balaban J connectivity index is 4.76. The number of alkyl halides is 3. The van der Waals surface area contributed by atoms with Gasteiger partial charge in [-0.3, -0.25) is 4.99 Å². The molecule has 0 atom stereocenters. The summed E-state index contributed by atoms with van der Waals surface area (Å²) in [5, 5.41) is 0. The monoisotopic (exact) mass is 221 g/mol. The molecule has 0 aliphatic heterocycles. The lowest BCUT2D eigenvalue weighted by Crippen LogP contribution is -2.35. The van der Waals surface area contributed by atoms with Gasteiger partial charge in [-0.15, -0.1) is 0 Å². The fourth-order valence-electron chi connectivity index (χ4n) is 0.506. The Hall–Kier alpha value is -0.800. The Morgan fingerprint density at radius 2 is 1.47 bits per heavy atom. The van der Waals surface area contributed by atoms with Crippen LogP contribution in [0.5, 0.6) is 0 Å². The van der Waals surface area contributed by atoms with E-state index in [1.807, 2.05) is 20.8 Å². The van der Waals surface area contributed by atoms with E-state index in [2.05, 4.69) is 11.6 Å². The molecule has 0 spiro atoms. The van der Waals surface area contributed by atoms with Gasteiger partial charge in [-0.1, -0.05) is 27.4 Å². The lowest BCUT2D eigenvalue weighted by molar-refractivity contribution is -0.0853. The molecule has 4 heteroatoms. The summed E-state index contributed by atoms with van der Waals surface area (Å²) >= 11 is 0. The highest BCUT2D eigenvalue weighted by Crippen LogP contribution is 2.33. The summed E-state index contributed by atoms with van der Waals surface area (Å²) in [5.41, 5.74) is -1.67. The van der Waals surface area contributed by atoms with Crippen molar-refractivity contribution in [2.75, 3.05) is 0 Å². The average molecular weight is 221 g/mol. The first-order chi connectivity index (χ1) is 6.38. The van der Waals surface area contributed by atoms with Gasteiger partial charge < -0.3 is 0 Å². The summed E-state index contributed by atoms with van der Waals surface area (Å²) in [5.74, 6) is 0. The van der Waals surface area contributed by atoms with Crippen LogP contribution in [0.2, 0.25) is 0 Å². The maximum atomic E-state index is 12.1. The van der Waals surface area contributed by atoms with Crippen molar-refractivity contribution in [2.24, 2.45) is 10.4 Å². The third-order valence-corrected chi connectivity index (χ3v) is 2.74. The largest absolute Gasteiger partial charge is 0.417 e. The van der Waals surface area contributed by atoms with Gasteiger partial charge in [0.15, 0.2) is 0 Å². The highest BCUT2D eigenvalue weighted by Gasteiger charge is 2.34. The predicted molar refractivity (Wildman–Crippen MR) is 57.2 cm³/mol. The lowest BCUT2D eigenvalue weighted by atomic mass is 9.77. The molecule has 0 unspecified atom stereocenters. The fraction of sp³-hybridized carbons (Fsp3) is 0.727.